The maximum absolute atomic E-state index is 12.2. The molecular formula is C20H21NO3. The van der Waals surface area contributed by atoms with Crippen molar-refractivity contribution < 1.29 is 14.4 Å². The highest BCUT2D eigenvalue weighted by Crippen LogP contribution is 2.24. The third-order valence-electron chi connectivity index (χ3n) is 3.95. The molecule has 1 unspecified atom stereocenters. The molecule has 124 valence electrons. The van der Waals surface area contributed by atoms with Gasteiger partial charge in [0, 0.05) is 12.0 Å². The number of hydrogen-bond donors (Lipinski definition) is 0. The predicted octanol–water partition coefficient (Wildman–Crippen LogP) is 3.49. The minimum Gasteiger partial charge on any atom is -0.375 e. The molecule has 3 rings (SSSR count). The zero-order chi connectivity index (χ0) is 16.8. The molecule has 4 heteroatoms. The number of hydroxylamine groups is 2. The highest BCUT2D eigenvalue weighted by Gasteiger charge is 2.35. The molecule has 0 aromatic heterocycles. The molecule has 0 radical (unpaired) electrons. The highest BCUT2D eigenvalue weighted by atomic mass is 16.7. The van der Waals surface area contributed by atoms with Crippen LogP contribution >= 0.6 is 0 Å². The van der Waals surface area contributed by atoms with Crippen LogP contribution in [0.4, 0.5) is 0 Å². The molecule has 1 fully saturated rings. The van der Waals surface area contributed by atoms with Crippen LogP contribution in [0, 0.1) is 0 Å². The molecule has 2 aromatic rings. The number of carbonyl (C=O) groups excluding carboxylic acids is 1. The van der Waals surface area contributed by atoms with Gasteiger partial charge in [-0.3, -0.25) is 9.63 Å². The maximum atomic E-state index is 12.2. The summed E-state index contributed by atoms with van der Waals surface area (Å²) < 4.78 is 5.77. The van der Waals surface area contributed by atoms with E-state index in [1.165, 1.54) is 5.06 Å². The molecule has 1 aliphatic heterocycles. The van der Waals surface area contributed by atoms with E-state index in [4.69, 9.17) is 9.57 Å². The molecule has 1 atom stereocenters. The first-order valence-corrected chi connectivity index (χ1v) is 8.04. The van der Waals surface area contributed by atoms with E-state index in [1.807, 2.05) is 60.7 Å². The molecule has 4 nitrogen and oxygen atoms in total. The van der Waals surface area contributed by atoms with Gasteiger partial charge in [-0.2, -0.15) is 0 Å². The topological polar surface area (TPSA) is 38.8 Å². The van der Waals surface area contributed by atoms with Crippen LogP contribution in [0.25, 0.3) is 0 Å². The fraction of sp³-hybridized carbons (Fsp3) is 0.250. The summed E-state index contributed by atoms with van der Waals surface area (Å²) in [4.78, 5) is 17.9. The smallest absolute Gasteiger partial charge is 0.273 e. The Morgan fingerprint density at radius 3 is 2.17 bits per heavy atom. The second-order valence-corrected chi connectivity index (χ2v) is 5.85. The van der Waals surface area contributed by atoms with Crippen molar-refractivity contribution in [3.05, 3.63) is 83.9 Å². The summed E-state index contributed by atoms with van der Waals surface area (Å²) in [6.07, 6.45) is 0.572. The van der Waals surface area contributed by atoms with E-state index >= 15 is 0 Å². The van der Waals surface area contributed by atoms with Crippen LogP contribution in [0.3, 0.4) is 0 Å². The van der Waals surface area contributed by atoms with E-state index in [-0.39, 0.29) is 11.9 Å². The van der Waals surface area contributed by atoms with Crippen molar-refractivity contribution in [2.45, 2.75) is 25.7 Å². The van der Waals surface area contributed by atoms with Gasteiger partial charge in [-0.1, -0.05) is 67.2 Å². The average Bonchev–Trinajstić information content (AvgIpc) is 2.89. The van der Waals surface area contributed by atoms with E-state index in [0.717, 1.165) is 11.1 Å². The summed E-state index contributed by atoms with van der Waals surface area (Å²) in [5.41, 5.74) is 2.69. The van der Waals surface area contributed by atoms with E-state index in [0.29, 0.717) is 31.8 Å². The first kappa shape index (κ1) is 16.4. The van der Waals surface area contributed by atoms with Crippen LogP contribution in [0.2, 0.25) is 0 Å². The summed E-state index contributed by atoms with van der Waals surface area (Å²) >= 11 is 0. The van der Waals surface area contributed by atoms with Crippen molar-refractivity contribution in [1.29, 1.82) is 0 Å². The molecule has 1 amide bonds. The molecule has 0 N–H and O–H groups in total. The Kier molecular flexibility index (Phi) is 5.41. The van der Waals surface area contributed by atoms with Crippen molar-refractivity contribution in [3.63, 3.8) is 0 Å². The molecular weight excluding hydrogens is 302 g/mol. The number of ether oxygens (including phenoxy) is 1. The van der Waals surface area contributed by atoms with E-state index in [2.05, 4.69) is 6.58 Å². The summed E-state index contributed by atoms with van der Waals surface area (Å²) in [6, 6.07) is 19.6. The molecule has 0 bridgehead atoms. The van der Waals surface area contributed by atoms with Crippen molar-refractivity contribution in [3.8, 4) is 0 Å². The average molecular weight is 323 g/mol. The molecule has 0 aliphatic carbocycles. The molecule has 24 heavy (non-hydrogen) atoms. The Labute approximate surface area is 142 Å². The summed E-state index contributed by atoms with van der Waals surface area (Å²) in [5.74, 6) is -0.153. The number of carbonyl (C=O) groups is 1. The SMILES string of the molecule is C=C1CC(COCc2ccccc2)N(OCc2ccccc2)C1=O. The summed E-state index contributed by atoms with van der Waals surface area (Å²) in [5, 5.41) is 1.42. The number of rotatable bonds is 7. The predicted molar refractivity (Wildman–Crippen MR) is 91.7 cm³/mol. The van der Waals surface area contributed by atoms with Crippen LogP contribution in [0.1, 0.15) is 17.5 Å². The molecule has 1 heterocycles. The van der Waals surface area contributed by atoms with Crippen LogP contribution in [-0.2, 0) is 27.6 Å². The molecule has 1 aliphatic rings. The lowest BCUT2D eigenvalue weighted by Gasteiger charge is -2.23. The number of amides is 1. The maximum Gasteiger partial charge on any atom is 0.273 e. The molecule has 0 saturated carbocycles. The van der Waals surface area contributed by atoms with Crippen LogP contribution in [0.5, 0.6) is 0 Å². The third-order valence-corrected chi connectivity index (χ3v) is 3.95. The first-order valence-electron chi connectivity index (χ1n) is 8.04. The van der Waals surface area contributed by atoms with Gasteiger partial charge < -0.3 is 4.74 Å². The van der Waals surface area contributed by atoms with Crippen LogP contribution in [0.15, 0.2) is 72.8 Å². The van der Waals surface area contributed by atoms with Crippen molar-refractivity contribution >= 4 is 5.91 Å². The van der Waals surface area contributed by atoms with Gasteiger partial charge in [-0.25, -0.2) is 5.06 Å². The van der Waals surface area contributed by atoms with E-state index in [1.54, 1.807) is 0 Å². The molecule has 0 spiro atoms. The Morgan fingerprint density at radius 1 is 0.958 bits per heavy atom. The fourth-order valence-electron chi connectivity index (χ4n) is 2.67. The summed E-state index contributed by atoms with van der Waals surface area (Å²) in [7, 11) is 0. The lowest BCUT2D eigenvalue weighted by Crippen LogP contribution is -2.36. The van der Waals surface area contributed by atoms with Gasteiger partial charge in [-0.15, -0.1) is 0 Å². The van der Waals surface area contributed by atoms with Crippen molar-refractivity contribution in [1.82, 2.24) is 5.06 Å². The van der Waals surface area contributed by atoms with Gasteiger partial charge >= 0.3 is 0 Å². The normalized spacial score (nSPS) is 17.5. The van der Waals surface area contributed by atoms with Gasteiger partial charge in [0.15, 0.2) is 0 Å². The van der Waals surface area contributed by atoms with Gasteiger partial charge in [0.2, 0.25) is 0 Å². The van der Waals surface area contributed by atoms with Gasteiger partial charge in [0.25, 0.3) is 5.91 Å². The van der Waals surface area contributed by atoms with Crippen molar-refractivity contribution in [2.24, 2.45) is 0 Å². The Balaban J connectivity index is 1.54. The van der Waals surface area contributed by atoms with Crippen molar-refractivity contribution in [2.75, 3.05) is 6.61 Å². The highest BCUT2D eigenvalue weighted by molar-refractivity contribution is 5.94. The Hall–Kier alpha value is -2.43. The lowest BCUT2D eigenvalue weighted by atomic mass is 10.2. The zero-order valence-electron chi connectivity index (χ0n) is 13.6. The number of hydrogen-bond acceptors (Lipinski definition) is 3. The Bertz CT molecular complexity index is 685. The van der Waals surface area contributed by atoms with Gasteiger partial charge in [-0.05, 0) is 11.1 Å². The largest absolute Gasteiger partial charge is 0.375 e. The third kappa shape index (κ3) is 4.10. The molecule has 2 aromatic carbocycles. The van der Waals surface area contributed by atoms with Crippen LogP contribution in [-0.4, -0.2) is 23.6 Å². The Morgan fingerprint density at radius 2 is 1.54 bits per heavy atom. The monoisotopic (exact) mass is 323 g/mol. The molecule has 1 saturated heterocycles. The minimum atomic E-state index is -0.153. The number of benzene rings is 2. The summed E-state index contributed by atoms with van der Waals surface area (Å²) in [6.45, 7) is 5.13. The zero-order valence-corrected chi connectivity index (χ0v) is 13.6. The second kappa shape index (κ2) is 7.90. The quantitative estimate of drug-likeness (QED) is 0.732. The van der Waals surface area contributed by atoms with Gasteiger partial charge in [0.05, 0.1) is 19.3 Å². The standard InChI is InChI=1S/C20H21NO3/c1-16-12-19(15-23-13-17-8-4-2-5-9-17)21(20(16)22)24-14-18-10-6-3-7-11-18/h2-11,19H,1,12-15H2. The van der Waals surface area contributed by atoms with E-state index in [9.17, 15) is 4.79 Å². The van der Waals surface area contributed by atoms with E-state index < -0.39 is 0 Å². The van der Waals surface area contributed by atoms with Crippen LogP contribution < -0.4 is 0 Å². The second-order valence-electron chi connectivity index (χ2n) is 5.85. The first-order chi connectivity index (χ1) is 11.7. The van der Waals surface area contributed by atoms with Gasteiger partial charge in [0.1, 0.15) is 6.61 Å². The number of nitrogens with zero attached hydrogens (tertiary/aromatic N) is 1. The fourth-order valence-corrected chi connectivity index (χ4v) is 2.67. The lowest BCUT2D eigenvalue weighted by molar-refractivity contribution is -0.199. The minimum absolute atomic E-state index is 0.127.